The van der Waals surface area contributed by atoms with E-state index in [1.54, 1.807) is 0 Å². The van der Waals surface area contributed by atoms with E-state index in [1.165, 1.54) is 0 Å². The number of hydrogen-bond donors (Lipinski definition) is 1. The van der Waals surface area contributed by atoms with Crippen molar-refractivity contribution in [3.8, 4) is 0 Å². The largest absolute Gasteiger partial charge is 0.479 e. The lowest BCUT2D eigenvalue weighted by atomic mass is 10.1. The lowest BCUT2D eigenvalue weighted by molar-refractivity contribution is -0.147. The molecule has 0 aliphatic heterocycles. The Labute approximate surface area is 102 Å². The van der Waals surface area contributed by atoms with Gasteiger partial charge in [-0.1, -0.05) is 0 Å². The summed E-state index contributed by atoms with van der Waals surface area (Å²) >= 11 is 0. The van der Waals surface area contributed by atoms with Crippen LogP contribution in [-0.2, 0) is 9.59 Å². The van der Waals surface area contributed by atoms with Crippen molar-refractivity contribution >= 4 is 12.4 Å². The zero-order chi connectivity index (χ0) is 13.3. The third kappa shape index (κ3) is 2.47. The number of halogens is 2. The SMILES string of the molecule is O=CN(C1CC1)C(C(=O)O)c1cc(F)cc(F)c1. The highest BCUT2D eigenvalue weighted by molar-refractivity contribution is 5.78. The molecule has 1 unspecified atom stereocenters. The molecule has 0 radical (unpaired) electrons. The van der Waals surface area contributed by atoms with Gasteiger partial charge in [-0.2, -0.15) is 0 Å². The Bertz CT molecular complexity index is 468. The summed E-state index contributed by atoms with van der Waals surface area (Å²) < 4.78 is 26.2. The molecule has 2 rings (SSSR count). The zero-order valence-electron chi connectivity index (χ0n) is 9.35. The number of amides is 1. The van der Waals surface area contributed by atoms with Crippen LogP contribution >= 0.6 is 0 Å². The summed E-state index contributed by atoms with van der Waals surface area (Å²) in [7, 11) is 0. The van der Waals surface area contributed by atoms with Gasteiger partial charge in [-0.05, 0) is 30.5 Å². The molecule has 0 spiro atoms. The van der Waals surface area contributed by atoms with Gasteiger partial charge in [-0.25, -0.2) is 13.6 Å². The van der Waals surface area contributed by atoms with Crippen LogP contribution in [-0.4, -0.2) is 28.4 Å². The first kappa shape index (κ1) is 12.5. The maximum atomic E-state index is 13.1. The first-order chi connectivity index (χ1) is 8.52. The van der Waals surface area contributed by atoms with Crippen molar-refractivity contribution in [3.63, 3.8) is 0 Å². The van der Waals surface area contributed by atoms with E-state index in [9.17, 15) is 18.4 Å². The zero-order valence-corrected chi connectivity index (χ0v) is 9.35. The van der Waals surface area contributed by atoms with Crippen molar-refractivity contribution in [1.29, 1.82) is 0 Å². The Morgan fingerprint density at radius 1 is 1.33 bits per heavy atom. The van der Waals surface area contributed by atoms with Crippen molar-refractivity contribution in [2.24, 2.45) is 0 Å². The smallest absolute Gasteiger partial charge is 0.331 e. The highest BCUT2D eigenvalue weighted by Crippen LogP contribution is 2.33. The predicted molar refractivity (Wildman–Crippen MR) is 57.7 cm³/mol. The molecule has 1 N–H and O–H groups in total. The van der Waals surface area contributed by atoms with Crippen molar-refractivity contribution in [2.75, 3.05) is 0 Å². The van der Waals surface area contributed by atoms with Crippen LogP contribution in [0.25, 0.3) is 0 Å². The minimum absolute atomic E-state index is 0.0704. The maximum absolute atomic E-state index is 13.1. The second-order valence-corrected chi connectivity index (χ2v) is 4.23. The number of carboxylic acids is 1. The Kier molecular flexibility index (Phi) is 3.27. The van der Waals surface area contributed by atoms with E-state index >= 15 is 0 Å². The fourth-order valence-corrected chi connectivity index (χ4v) is 1.91. The summed E-state index contributed by atoms with van der Waals surface area (Å²) in [6.45, 7) is 0. The lowest BCUT2D eigenvalue weighted by Crippen LogP contribution is -2.35. The molecule has 1 saturated carbocycles. The number of rotatable bonds is 5. The molecule has 1 aliphatic carbocycles. The van der Waals surface area contributed by atoms with Crippen LogP contribution in [0.1, 0.15) is 24.4 Å². The van der Waals surface area contributed by atoms with Gasteiger partial charge < -0.3 is 10.0 Å². The highest BCUT2D eigenvalue weighted by Gasteiger charge is 2.37. The average Bonchev–Trinajstić information content (AvgIpc) is 3.07. The second-order valence-electron chi connectivity index (χ2n) is 4.23. The van der Waals surface area contributed by atoms with Gasteiger partial charge in [0.2, 0.25) is 6.41 Å². The standard InChI is InChI=1S/C12H11F2NO3/c13-8-3-7(4-9(14)5-8)11(12(17)18)15(6-16)10-1-2-10/h3-6,10-11H,1-2H2,(H,17,18). The topological polar surface area (TPSA) is 57.6 Å². The molecule has 1 aromatic carbocycles. The number of carboxylic acid groups (broad SMARTS) is 1. The van der Waals surface area contributed by atoms with Gasteiger partial charge in [0.15, 0.2) is 6.04 Å². The van der Waals surface area contributed by atoms with Gasteiger partial charge in [0.25, 0.3) is 0 Å². The molecule has 0 bridgehead atoms. The van der Waals surface area contributed by atoms with Crippen molar-refractivity contribution in [2.45, 2.75) is 24.9 Å². The molecule has 18 heavy (non-hydrogen) atoms. The minimum atomic E-state index is -1.35. The quantitative estimate of drug-likeness (QED) is 0.815. The Morgan fingerprint density at radius 2 is 1.89 bits per heavy atom. The van der Waals surface area contributed by atoms with Gasteiger partial charge in [-0.15, -0.1) is 0 Å². The number of carbonyl (C=O) groups is 2. The third-order valence-corrected chi connectivity index (χ3v) is 2.82. The Hall–Kier alpha value is -1.98. The first-order valence-electron chi connectivity index (χ1n) is 5.44. The number of hydrogen-bond acceptors (Lipinski definition) is 2. The van der Waals surface area contributed by atoms with E-state index in [4.69, 9.17) is 5.11 Å². The minimum Gasteiger partial charge on any atom is -0.479 e. The number of carbonyl (C=O) groups excluding carboxylic acids is 1. The number of benzene rings is 1. The van der Waals surface area contributed by atoms with Crippen molar-refractivity contribution < 1.29 is 23.5 Å². The van der Waals surface area contributed by atoms with E-state index in [0.29, 0.717) is 25.3 Å². The van der Waals surface area contributed by atoms with E-state index < -0.39 is 23.6 Å². The summed E-state index contributed by atoms with van der Waals surface area (Å²) in [5.74, 6) is -3.03. The molecule has 6 heteroatoms. The molecule has 1 aromatic rings. The molecular formula is C12H11F2NO3. The summed E-state index contributed by atoms with van der Waals surface area (Å²) in [6, 6.07) is 1.02. The second kappa shape index (κ2) is 4.72. The highest BCUT2D eigenvalue weighted by atomic mass is 19.1. The molecule has 1 atom stereocenters. The summed E-state index contributed by atoms with van der Waals surface area (Å²) in [4.78, 5) is 23.3. The van der Waals surface area contributed by atoms with Crippen molar-refractivity contribution in [1.82, 2.24) is 4.90 Å². The van der Waals surface area contributed by atoms with E-state index in [-0.39, 0.29) is 11.6 Å². The van der Waals surface area contributed by atoms with Crippen molar-refractivity contribution in [3.05, 3.63) is 35.4 Å². The fraction of sp³-hybridized carbons (Fsp3) is 0.333. The van der Waals surface area contributed by atoms with Gasteiger partial charge in [0.1, 0.15) is 11.6 Å². The predicted octanol–water partition coefficient (Wildman–Crippen LogP) is 1.71. The molecule has 1 aliphatic rings. The lowest BCUT2D eigenvalue weighted by Gasteiger charge is -2.25. The monoisotopic (exact) mass is 255 g/mol. The van der Waals surface area contributed by atoms with E-state index in [0.717, 1.165) is 17.0 Å². The normalized spacial score (nSPS) is 16.1. The van der Waals surface area contributed by atoms with Crippen LogP contribution in [0.3, 0.4) is 0 Å². The van der Waals surface area contributed by atoms with Gasteiger partial charge in [0, 0.05) is 12.1 Å². The average molecular weight is 255 g/mol. The van der Waals surface area contributed by atoms with Gasteiger partial charge in [-0.3, -0.25) is 4.79 Å². The van der Waals surface area contributed by atoms with Gasteiger partial charge >= 0.3 is 5.97 Å². The van der Waals surface area contributed by atoms with Crippen LogP contribution in [0.15, 0.2) is 18.2 Å². The molecule has 1 fully saturated rings. The van der Waals surface area contributed by atoms with Crippen LogP contribution < -0.4 is 0 Å². The first-order valence-corrected chi connectivity index (χ1v) is 5.44. The Morgan fingerprint density at radius 3 is 2.28 bits per heavy atom. The Balaban J connectivity index is 2.39. The molecule has 96 valence electrons. The van der Waals surface area contributed by atoms with Crippen LogP contribution in [0.4, 0.5) is 8.78 Å². The number of aliphatic carboxylic acids is 1. The summed E-state index contributed by atoms with van der Waals surface area (Å²) in [5, 5.41) is 9.14. The molecule has 0 saturated heterocycles. The molecule has 0 heterocycles. The van der Waals surface area contributed by atoms with E-state index in [1.807, 2.05) is 0 Å². The van der Waals surface area contributed by atoms with Crippen LogP contribution in [0.5, 0.6) is 0 Å². The van der Waals surface area contributed by atoms with Crippen LogP contribution in [0.2, 0.25) is 0 Å². The van der Waals surface area contributed by atoms with Gasteiger partial charge in [0.05, 0.1) is 0 Å². The maximum Gasteiger partial charge on any atom is 0.331 e. The fourth-order valence-electron chi connectivity index (χ4n) is 1.91. The molecule has 1 amide bonds. The molecular weight excluding hydrogens is 244 g/mol. The summed E-state index contributed by atoms with van der Waals surface area (Å²) in [6.07, 6.45) is 1.83. The molecule has 4 nitrogen and oxygen atoms in total. The molecule has 0 aromatic heterocycles. The third-order valence-electron chi connectivity index (χ3n) is 2.82. The van der Waals surface area contributed by atoms with Crippen LogP contribution in [0, 0.1) is 11.6 Å². The number of nitrogens with zero attached hydrogens (tertiary/aromatic N) is 1. The summed E-state index contributed by atoms with van der Waals surface area (Å²) in [5.41, 5.74) is -0.0704. The van der Waals surface area contributed by atoms with E-state index in [2.05, 4.69) is 0 Å².